The lowest BCUT2D eigenvalue weighted by molar-refractivity contribution is 0.614. The number of nitrogen functional groups attached to an aromatic ring is 1. The average molecular weight is 408 g/mol. The zero-order chi connectivity index (χ0) is 10.9. The Hall–Kier alpha value is 0.410. The van der Waals surface area contributed by atoms with Gasteiger partial charge in [0.2, 0.25) is 0 Å². The van der Waals surface area contributed by atoms with E-state index in [2.05, 4.69) is 47.8 Å². The van der Waals surface area contributed by atoms with Crippen molar-refractivity contribution in [3.8, 4) is 0 Å². The number of anilines is 1. The number of nitrogens with two attached hydrogens (primary N) is 1. The molecule has 1 aromatic carbocycles. The quantitative estimate of drug-likeness (QED) is 0.427. The molecule has 0 aliphatic rings. The van der Waals surface area contributed by atoms with Gasteiger partial charge < -0.3 is 5.73 Å². The van der Waals surface area contributed by atoms with E-state index in [4.69, 9.17) is 5.73 Å². The van der Waals surface area contributed by atoms with E-state index in [1.165, 1.54) is 12.1 Å². The third-order valence-electron chi connectivity index (χ3n) is 1.55. The smallest absolute Gasteiger partial charge is 0.168 e. The molecule has 0 saturated carbocycles. The van der Waals surface area contributed by atoms with Gasteiger partial charge in [0.15, 0.2) is 12.8 Å². The molecule has 1 rings (SSSR count). The summed E-state index contributed by atoms with van der Waals surface area (Å²) in [5.74, 6) is 0. The number of thiol groups is 1. The Morgan fingerprint density at radius 2 is 1.79 bits per heavy atom. The molecule has 78 valence electrons. The Morgan fingerprint density at radius 3 is 2.21 bits per heavy atom. The van der Waals surface area contributed by atoms with Crippen LogP contribution in [-0.4, -0.2) is 8.42 Å². The molecule has 0 amide bonds. The Kier molecular flexibility index (Phi) is 4.02. The van der Waals surface area contributed by atoms with Crippen molar-refractivity contribution in [3.63, 3.8) is 0 Å². The van der Waals surface area contributed by atoms with Gasteiger partial charge >= 0.3 is 0 Å². The van der Waals surface area contributed by atoms with Crippen molar-refractivity contribution in [1.82, 2.24) is 0 Å². The summed E-state index contributed by atoms with van der Waals surface area (Å²) in [4.78, 5) is 0.229. The summed E-state index contributed by atoms with van der Waals surface area (Å²) >= 11 is 9.83. The highest BCUT2D eigenvalue weighted by Crippen LogP contribution is 2.46. The molecule has 0 aliphatic carbocycles. The zero-order valence-corrected chi connectivity index (χ0v) is 12.4. The maximum atomic E-state index is 10.7. The summed E-state index contributed by atoms with van der Waals surface area (Å²) in [5.41, 5.74) is 6.80. The van der Waals surface area contributed by atoms with Crippen LogP contribution in [-0.2, 0) is 12.8 Å². The van der Waals surface area contributed by atoms with Crippen molar-refractivity contribution in [3.05, 3.63) is 23.8 Å². The fourth-order valence-electron chi connectivity index (χ4n) is 0.903. The topological polar surface area (TPSA) is 60.2 Å². The van der Waals surface area contributed by atoms with E-state index in [9.17, 15) is 8.42 Å². The molecule has 1 aromatic rings. The highest BCUT2D eigenvalue weighted by molar-refractivity contribution is 9.38. The zero-order valence-electron chi connectivity index (χ0n) is 6.71. The molecule has 0 radical (unpaired) electrons. The van der Waals surface area contributed by atoms with Crippen LogP contribution in [0.25, 0.3) is 0 Å². The Balaban J connectivity index is 3.36. The van der Waals surface area contributed by atoms with Gasteiger partial charge in [0.25, 0.3) is 0 Å². The maximum Gasteiger partial charge on any atom is 0.168 e. The first-order chi connectivity index (χ1) is 6.32. The van der Waals surface area contributed by atoms with E-state index in [0.717, 1.165) is 0 Å². The van der Waals surface area contributed by atoms with Gasteiger partial charge in [0.05, 0.1) is 4.90 Å². The molecular weight excluding hydrogens is 402 g/mol. The number of alkyl halides is 3. The molecule has 3 nitrogen and oxygen atoms in total. The first-order valence-corrected chi connectivity index (χ1v) is 6.99. The van der Waals surface area contributed by atoms with Gasteiger partial charge in [-0.05, 0) is 18.2 Å². The van der Waals surface area contributed by atoms with Crippen molar-refractivity contribution in [2.24, 2.45) is 0 Å². The molecule has 0 saturated heterocycles. The SMILES string of the molecule is Nc1ccc([SH](=O)=O)cc1C(Br)(Br)Br. The van der Waals surface area contributed by atoms with Crippen molar-refractivity contribution in [2.45, 2.75) is 7.04 Å². The molecule has 0 fully saturated rings. The Labute approximate surface area is 108 Å². The van der Waals surface area contributed by atoms with Gasteiger partial charge in [-0.15, -0.1) is 0 Å². The van der Waals surface area contributed by atoms with Crippen molar-refractivity contribution < 1.29 is 8.42 Å². The van der Waals surface area contributed by atoms with Crippen LogP contribution in [0.15, 0.2) is 23.1 Å². The largest absolute Gasteiger partial charge is 0.398 e. The number of hydrogen-bond acceptors (Lipinski definition) is 3. The van der Waals surface area contributed by atoms with Crippen LogP contribution in [0.1, 0.15) is 5.56 Å². The second kappa shape index (κ2) is 4.51. The molecule has 2 N–H and O–H groups in total. The molecule has 0 unspecified atom stereocenters. The Bertz CT molecular complexity index is 417. The third kappa shape index (κ3) is 2.95. The molecule has 14 heavy (non-hydrogen) atoms. The van der Waals surface area contributed by atoms with Gasteiger partial charge in [0.1, 0.15) is 0 Å². The lowest BCUT2D eigenvalue weighted by Crippen LogP contribution is -2.04. The van der Waals surface area contributed by atoms with Gasteiger partial charge in [-0.1, -0.05) is 47.8 Å². The van der Waals surface area contributed by atoms with Gasteiger partial charge in [-0.25, -0.2) is 8.42 Å². The lowest BCUT2D eigenvalue weighted by Gasteiger charge is -2.15. The number of halogens is 3. The van der Waals surface area contributed by atoms with Crippen molar-refractivity contribution in [1.29, 1.82) is 0 Å². The fourth-order valence-corrected chi connectivity index (χ4v) is 2.36. The Morgan fingerprint density at radius 1 is 1.21 bits per heavy atom. The minimum atomic E-state index is -2.59. The van der Waals surface area contributed by atoms with E-state index >= 15 is 0 Å². The van der Waals surface area contributed by atoms with E-state index < -0.39 is 12.8 Å². The molecule has 0 aliphatic heterocycles. The summed E-state index contributed by atoms with van der Waals surface area (Å²) in [6.07, 6.45) is 0. The monoisotopic (exact) mass is 405 g/mol. The van der Waals surface area contributed by atoms with Crippen LogP contribution < -0.4 is 5.73 Å². The first kappa shape index (κ1) is 12.5. The summed E-state index contributed by atoms with van der Waals surface area (Å²) in [6, 6.07) is 4.51. The minimum absolute atomic E-state index is 0.229. The van der Waals surface area contributed by atoms with E-state index in [-0.39, 0.29) is 4.90 Å². The van der Waals surface area contributed by atoms with Crippen LogP contribution in [0, 0.1) is 0 Å². The number of benzene rings is 1. The summed E-state index contributed by atoms with van der Waals surface area (Å²) in [5, 5.41) is 0. The molecule has 0 atom stereocenters. The molecular formula is C7H6Br3NO2S. The van der Waals surface area contributed by atoms with Gasteiger partial charge in [-0.3, -0.25) is 0 Å². The number of hydrogen-bond donors (Lipinski definition) is 2. The number of rotatable bonds is 1. The van der Waals surface area contributed by atoms with E-state index in [1.807, 2.05) is 0 Å². The lowest BCUT2D eigenvalue weighted by atomic mass is 10.2. The average Bonchev–Trinajstić information content (AvgIpc) is 2.02. The van der Waals surface area contributed by atoms with E-state index in [1.54, 1.807) is 6.07 Å². The molecule has 0 bridgehead atoms. The second-order valence-corrected chi connectivity index (χ2v) is 10.3. The molecule has 0 aromatic heterocycles. The summed E-state index contributed by atoms with van der Waals surface area (Å²) in [7, 11) is -2.59. The molecule has 7 heteroatoms. The predicted octanol–water partition coefficient (Wildman–Crippen LogP) is 2.53. The van der Waals surface area contributed by atoms with Crippen LogP contribution in [0.3, 0.4) is 0 Å². The maximum absolute atomic E-state index is 10.7. The van der Waals surface area contributed by atoms with Crippen LogP contribution in [0.4, 0.5) is 5.69 Å². The van der Waals surface area contributed by atoms with Gasteiger partial charge in [-0.2, -0.15) is 0 Å². The van der Waals surface area contributed by atoms with Crippen LogP contribution in [0.5, 0.6) is 0 Å². The summed E-state index contributed by atoms with van der Waals surface area (Å²) in [6.45, 7) is 0. The predicted molar refractivity (Wildman–Crippen MR) is 67.9 cm³/mol. The first-order valence-electron chi connectivity index (χ1n) is 3.43. The highest BCUT2D eigenvalue weighted by Gasteiger charge is 2.24. The normalized spacial score (nSPS) is 12.0. The third-order valence-corrected chi connectivity index (χ3v) is 3.53. The van der Waals surface area contributed by atoms with E-state index in [0.29, 0.717) is 11.3 Å². The van der Waals surface area contributed by atoms with Crippen LogP contribution >= 0.6 is 47.8 Å². The van der Waals surface area contributed by atoms with Gasteiger partial charge in [0, 0.05) is 11.3 Å². The summed E-state index contributed by atoms with van der Waals surface area (Å²) < 4.78 is 20.8. The minimum Gasteiger partial charge on any atom is -0.398 e. The standard InChI is InChI=1S/C7H6Br3NO2S/c8-7(9,10)5-3-4(14(12)13)1-2-6(5)11/h1-3,14H,11H2. The molecule has 0 spiro atoms. The van der Waals surface area contributed by atoms with Crippen molar-refractivity contribution >= 4 is 64.2 Å². The van der Waals surface area contributed by atoms with Crippen LogP contribution in [0.2, 0.25) is 0 Å². The van der Waals surface area contributed by atoms with Crippen molar-refractivity contribution in [2.75, 3.05) is 5.73 Å². The second-order valence-electron chi connectivity index (χ2n) is 2.53. The fraction of sp³-hybridized carbons (Fsp3) is 0.143. The highest BCUT2D eigenvalue weighted by atomic mass is 80.0. The molecule has 0 heterocycles.